The Hall–Kier alpha value is -3.10. The highest BCUT2D eigenvalue weighted by Gasteiger charge is 2.40. The maximum atomic E-state index is 14.8. The fourth-order valence-electron chi connectivity index (χ4n) is 3.30. The molecule has 1 N–H and O–H groups in total. The lowest BCUT2D eigenvalue weighted by atomic mass is 10.3. The molecule has 0 spiro atoms. The molecule has 2 aromatic carbocycles. The van der Waals surface area contributed by atoms with Gasteiger partial charge in [-0.15, -0.1) is 0 Å². The molecule has 28 heavy (non-hydrogen) atoms. The molecule has 0 unspecified atom stereocenters. The number of anilines is 1. The van der Waals surface area contributed by atoms with E-state index in [1.807, 2.05) is 91.9 Å². The third-order valence-corrected chi connectivity index (χ3v) is 7.98. The van der Waals surface area contributed by atoms with Crippen molar-refractivity contribution in [1.82, 2.24) is 4.98 Å². The number of rotatable bonds is 6. The van der Waals surface area contributed by atoms with E-state index in [-0.39, 0.29) is 0 Å². The van der Waals surface area contributed by atoms with E-state index in [0.29, 0.717) is 11.6 Å². The molecule has 2 aromatic heterocycles. The number of furan rings is 1. The number of nitrogens with one attached hydrogen (secondary N) is 1. The van der Waals surface area contributed by atoms with E-state index in [2.05, 4.69) is 10.3 Å². The van der Waals surface area contributed by atoms with Crippen molar-refractivity contribution < 1.29 is 8.98 Å². The van der Waals surface area contributed by atoms with Gasteiger partial charge in [-0.3, -0.25) is 0 Å². The second-order valence-electron chi connectivity index (χ2n) is 6.56. The van der Waals surface area contributed by atoms with Gasteiger partial charge in [-0.2, -0.15) is 0 Å². The van der Waals surface area contributed by atoms with Crippen LogP contribution < -0.4 is 15.9 Å². The van der Waals surface area contributed by atoms with Crippen molar-refractivity contribution in [1.29, 1.82) is 0 Å². The molecule has 0 fully saturated rings. The summed E-state index contributed by atoms with van der Waals surface area (Å²) in [5, 5.41) is 4.95. The molecule has 5 heteroatoms. The van der Waals surface area contributed by atoms with Crippen LogP contribution in [0.25, 0.3) is 0 Å². The molecule has 1 atom stereocenters. The molecule has 0 saturated carbocycles. The van der Waals surface area contributed by atoms with Gasteiger partial charge in [-0.1, -0.05) is 66.7 Å². The van der Waals surface area contributed by atoms with Crippen LogP contribution >= 0.6 is 7.14 Å². The summed E-state index contributed by atoms with van der Waals surface area (Å²) in [7, 11) is -3.15. The van der Waals surface area contributed by atoms with E-state index in [1.165, 1.54) is 0 Å². The van der Waals surface area contributed by atoms with Crippen LogP contribution in [0.15, 0.2) is 102 Å². The summed E-state index contributed by atoms with van der Waals surface area (Å²) in [5.74, 6) is 0.720. The summed E-state index contributed by atoms with van der Waals surface area (Å²) in [6.07, 6.45) is 3.33. The maximum absolute atomic E-state index is 14.8. The number of pyridine rings is 1. The lowest BCUT2D eigenvalue weighted by Crippen LogP contribution is -2.26. The van der Waals surface area contributed by atoms with Gasteiger partial charge in [0.1, 0.15) is 17.4 Å². The van der Waals surface area contributed by atoms with Crippen LogP contribution in [-0.4, -0.2) is 4.98 Å². The molecule has 4 rings (SSSR count). The van der Waals surface area contributed by atoms with E-state index < -0.39 is 12.9 Å². The summed E-state index contributed by atoms with van der Waals surface area (Å²) < 4.78 is 20.5. The quantitative estimate of drug-likeness (QED) is 0.467. The Kier molecular flexibility index (Phi) is 5.14. The molecule has 0 bridgehead atoms. The van der Waals surface area contributed by atoms with Gasteiger partial charge < -0.3 is 14.3 Å². The average Bonchev–Trinajstić information content (AvgIpc) is 3.28. The number of aromatic nitrogens is 1. The Morgan fingerprint density at radius 1 is 0.857 bits per heavy atom. The number of nitrogens with zero attached hydrogens (tertiary/aromatic N) is 1. The van der Waals surface area contributed by atoms with Gasteiger partial charge in [0, 0.05) is 16.8 Å². The van der Waals surface area contributed by atoms with Crippen molar-refractivity contribution in [3.8, 4) is 0 Å². The summed E-state index contributed by atoms with van der Waals surface area (Å²) in [5.41, 5.74) is 0.978. The van der Waals surface area contributed by atoms with Gasteiger partial charge >= 0.3 is 0 Å². The normalized spacial score (nSPS) is 12.5. The van der Waals surface area contributed by atoms with Crippen LogP contribution in [0.5, 0.6) is 0 Å². The van der Waals surface area contributed by atoms with Crippen LogP contribution in [-0.2, 0) is 4.57 Å². The maximum Gasteiger partial charge on any atom is 0.171 e. The third-order valence-electron chi connectivity index (χ3n) is 4.74. The van der Waals surface area contributed by atoms with E-state index in [0.717, 1.165) is 16.2 Å². The molecule has 140 valence electrons. The average molecular weight is 388 g/mol. The highest BCUT2D eigenvalue weighted by atomic mass is 31.2. The Labute approximate surface area is 164 Å². The third kappa shape index (κ3) is 3.39. The molecule has 0 aliphatic rings. The summed E-state index contributed by atoms with van der Waals surface area (Å²) in [4.78, 5) is 4.45. The van der Waals surface area contributed by atoms with Crippen molar-refractivity contribution in [3.63, 3.8) is 0 Å². The minimum atomic E-state index is -3.15. The lowest BCUT2D eigenvalue weighted by Gasteiger charge is -2.29. The van der Waals surface area contributed by atoms with E-state index in [4.69, 9.17) is 4.42 Å². The number of hydrogen-bond donors (Lipinski definition) is 1. The SMILES string of the molecule is Cc1cccnc1N[C@H](c1ccco1)P(=O)(c1ccccc1)c1ccccc1. The topological polar surface area (TPSA) is 55.1 Å². The predicted molar refractivity (Wildman–Crippen MR) is 114 cm³/mol. The molecule has 4 aromatic rings. The van der Waals surface area contributed by atoms with Crippen LogP contribution in [0.3, 0.4) is 0 Å². The molecule has 0 radical (unpaired) electrons. The first kappa shape index (κ1) is 18.3. The second kappa shape index (κ2) is 7.87. The first-order valence-corrected chi connectivity index (χ1v) is 10.9. The van der Waals surface area contributed by atoms with Crippen molar-refractivity contribution >= 4 is 23.6 Å². The zero-order chi connectivity index (χ0) is 19.4. The molecule has 0 amide bonds. The van der Waals surface area contributed by atoms with Gasteiger partial charge in [-0.05, 0) is 30.7 Å². The number of benzene rings is 2. The largest absolute Gasteiger partial charge is 0.467 e. The summed E-state index contributed by atoms with van der Waals surface area (Å²) >= 11 is 0. The van der Waals surface area contributed by atoms with E-state index in [9.17, 15) is 4.57 Å². The van der Waals surface area contributed by atoms with E-state index in [1.54, 1.807) is 12.5 Å². The van der Waals surface area contributed by atoms with Gasteiger partial charge in [-0.25, -0.2) is 4.98 Å². The first-order valence-electron chi connectivity index (χ1n) is 9.12. The summed E-state index contributed by atoms with van der Waals surface area (Å²) in [6, 6.07) is 26.7. The van der Waals surface area contributed by atoms with E-state index >= 15 is 0 Å². The number of hydrogen-bond acceptors (Lipinski definition) is 4. The van der Waals surface area contributed by atoms with Crippen molar-refractivity contribution in [2.45, 2.75) is 12.7 Å². The minimum Gasteiger partial charge on any atom is -0.467 e. The van der Waals surface area contributed by atoms with Crippen LogP contribution in [0.2, 0.25) is 0 Å². The molecule has 4 nitrogen and oxygen atoms in total. The highest BCUT2D eigenvalue weighted by molar-refractivity contribution is 7.79. The zero-order valence-electron chi connectivity index (χ0n) is 15.5. The fraction of sp³-hybridized carbons (Fsp3) is 0.0870. The van der Waals surface area contributed by atoms with Crippen molar-refractivity contribution in [3.05, 3.63) is 109 Å². The Bertz CT molecular complexity index is 1040. The monoisotopic (exact) mass is 388 g/mol. The zero-order valence-corrected chi connectivity index (χ0v) is 16.4. The Morgan fingerprint density at radius 3 is 2.04 bits per heavy atom. The van der Waals surface area contributed by atoms with Gasteiger partial charge in [0.05, 0.1) is 6.26 Å². The number of aryl methyl sites for hydroxylation is 1. The van der Waals surface area contributed by atoms with Crippen LogP contribution in [0.1, 0.15) is 17.1 Å². The van der Waals surface area contributed by atoms with Gasteiger partial charge in [0.2, 0.25) is 0 Å². The molecule has 0 aliphatic heterocycles. The van der Waals surface area contributed by atoms with Crippen LogP contribution in [0.4, 0.5) is 5.82 Å². The first-order chi connectivity index (χ1) is 13.7. The second-order valence-corrected chi connectivity index (χ2v) is 9.43. The lowest BCUT2D eigenvalue weighted by molar-refractivity contribution is 0.504. The summed E-state index contributed by atoms with van der Waals surface area (Å²) in [6.45, 7) is 1.98. The smallest absolute Gasteiger partial charge is 0.171 e. The molecule has 0 saturated heterocycles. The van der Waals surface area contributed by atoms with Crippen molar-refractivity contribution in [2.75, 3.05) is 5.32 Å². The fourth-order valence-corrected chi connectivity index (χ4v) is 6.23. The predicted octanol–water partition coefficient (Wildman–Crippen LogP) is 5.11. The Balaban J connectivity index is 1.92. The molecule has 2 heterocycles. The van der Waals surface area contributed by atoms with Crippen LogP contribution in [0, 0.1) is 6.92 Å². The highest BCUT2D eigenvalue weighted by Crippen LogP contribution is 2.57. The van der Waals surface area contributed by atoms with Gasteiger partial charge in [0.25, 0.3) is 0 Å². The van der Waals surface area contributed by atoms with Crippen molar-refractivity contribution in [2.24, 2.45) is 0 Å². The Morgan fingerprint density at radius 2 is 1.50 bits per heavy atom. The molecule has 0 aliphatic carbocycles. The molecular formula is C23H21N2O2P. The van der Waals surface area contributed by atoms with Gasteiger partial charge in [0.15, 0.2) is 7.14 Å². The standard InChI is InChI=1S/C23H21N2O2P/c1-18-10-8-16-24-22(18)25-23(21-15-9-17-27-21)28(26,19-11-4-2-5-12-19)20-13-6-3-7-14-20/h2-17,23H,1H3,(H,24,25)/t23-/m0/s1. The molecular weight excluding hydrogens is 367 g/mol. The minimum absolute atomic E-state index is 0.583.